The summed E-state index contributed by atoms with van der Waals surface area (Å²) >= 11 is 0. The van der Waals surface area contributed by atoms with Crippen molar-refractivity contribution in [3.05, 3.63) is 102 Å². The SMILES string of the molecule is C=C(c1ccccc1)c1c(-c2ccc(C)cc2)nc2ccccn12. The highest BCUT2D eigenvalue weighted by molar-refractivity contribution is 5.86. The predicted molar refractivity (Wildman–Crippen MR) is 99.9 cm³/mol. The van der Waals surface area contributed by atoms with Gasteiger partial charge in [-0.1, -0.05) is 72.8 Å². The molecule has 0 N–H and O–H groups in total. The van der Waals surface area contributed by atoms with E-state index in [2.05, 4.69) is 54.3 Å². The van der Waals surface area contributed by atoms with Crippen LogP contribution in [0.4, 0.5) is 0 Å². The largest absolute Gasteiger partial charge is 0.299 e. The molecule has 2 aromatic carbocycles. The number of benzene rings is 2. The van der Waals surface area contributed by atoms with Crippen LogP contribution in [0.25, 0.3) is 22.5 Å². The molecule has 0 aliphatic heterocycles. The summed E-state index contributed by atoms with van der Waals surface area (Å²) in [6, 6.07) is 24.8. The molecule has 0 atom stereocenters. The molecular weight excluding hydrogens is 292 g/mol. The van der Waals surface area contributed by atoms with Gasteiger partial charge < -0.3 is 0 Å². The van der Waals surface area contributed by atoms with E-state index < -0.39 is 0 Å². The predicted octanol–water partition coefficient (Wildman–Crippen LogP) is 5.37. The van der Waals surface area contributed by atoms with Crippen molar-refractivity contribution in [2.24, 2.45) is 0 Å². The summed E-state index contributed by atoms with van der Waals surface area (Å²) in [5.74, 6) is 0. The Hall–Kier alpha value is -3.13. The molecule has 0 aliphatic carbocycles. The van der Waals surface area contributed by atoms with Gasteiger partial charge in [-0.05, 0) is 24.6 Å². The van der Waals surface area contributed by atoms with E-state index in [4.69, 9.17) is 4.98 Å². The maximum Gasteiger partial charge on any atom is 0.137 e. The topological polar surface area (TPSA) is 17.3 Å². The van der Waals surface area contributed by atoms with Crippen molar-refractivity contribution in [3.8, 4) is 11.3 Å². The highest BCUT2D eigenvalue weighted by atomic mass is 15.0. The molecule has 0 unspecified atom stereocenters. The van der Waals surface area contributed by atoms with E-state index in [0.29, 0.717) is 0 Å². The Morgan fingerprint density at radius 3 is 2.33 bits per heavy atom. The van der Waals surface area contributed by atoms with Crippen molar-refractivity contribution in [1.29, 1.82) is 0 Å². The third-order valence-electron chi connectivity index (χ3n) is 4.26. The van der Waals surface area contributed by atoms with Crippen molar-refractivity contribution in [1.82, 2.24) is 9.38 Å². The molecule has 0 fully saturated rings. The van der Waals surface area contributed by atoms with E-state index in [-0.39, 0.29) is 0 Å². The number of rotatable bonds is 3. The van der Waals surface area contributed by atoms with Crippen LogP contribution in [0, 0.1) is 6.92 Å². The first-order valence-electron chi connectivity index (χ1n) is 8.03. The smallest absolute Gasteiger partial charge is 0.137 e. The summed E-state index contributed by atoms with van der Waals surface area (Å²) in [7, 11) is 0. The van der Waals surface area contributed by atoms with Crippen LogP contribution in [0.15, 0.2) is 85.6 Å². The van der Waals surface area contributed by atoms with E-state index in [0.717, 1.165) is 33.7 Å². The number of hydrogen-bond donors (Lipinski definition) is 0. The third-order valence-corrected chi connectivity index (χ3v) is 4.26. The molecule has 0 spiro atoms. The average molecular weight is 310 g/mol. The van der Waals surface area contributed by atoms with Gasteiger partial charge in [0.05, 0.1) is 11.4 Å². The average Bonchev–Trinajstić information content (AvgIpc) is 3.02. The fourth-order valence-electron chi connectivity index (χ4n) is 2.97. The summed E-state index contributed by atoms with van der Waals surface area (Å²) in [5, 5.41) is 0. The maximum absolute atomic E-state index is 4.86. The summed E-state index contributed by atoms with van der Waals surface area (Å²) in [6.07, 6.45) is 2.05. The third kappa shape index (κ3) is 2.42. The maximum atomic E-state index is 4.86. The number of fused-ring (bicyclic) bond motifs is 1. The van der Waals surface area contributed by atoms with Gasteiger partial charge in [0.1, 0.15) is 5.65 Å². The minimum absolute atomic E-state index is 0.931. The quantitative estimate of drug-likeness (QED) is 0.497. The monoisotopic (exact) mass is 310 g/mol. The summed E-state index contributed by atoms with van der Waals surface area (Å²) in [5.41, 5.74) is 7.37. The van der Waals surface area contributed by atoms with Gasteiger partial charge in [-0.15, -0.1) is 0 Å². The Bertz CT molecular complexity index is 1010. The van der Waals surface area contributed by atoms with Gasteiger partial charge in [0.2, 0.25) is 0 Å². The lowest BCUT2D eigenvalue weighted by Gasteiger charge is -2.09. The summed E-state index contributed by atoms with van der Waals surface area (Å²) in [4.78, 5) is 4.86. The molecule has 116 valence electrons. The van der Waals surface area contributed by atoms with Crippen LogP contribution in [0.5, 0.6) is 0 Å². The van der Waals surface area contributed by atoms with Crippen LogP contribution >= 0.6 is 0 Å². The molecule has 0 saturated heterocycles. The zero-order valence-electron chi connectivity index (χ0n) is 13.6. The molecule has 0 aliphatic rings. The molecule has 0 radical (unpaired) electrons. The second-order valence-corrected chi connectivity index (χ2v) is 5.95. The lowest BCUT2D eigenvalue weighted by molar-refractivity contribution is 1.16. The van der Waals surface area contributed by atoms with Crippen molar-refractivity contribution in [2.45, 2.75) is 6.92 Å². The van der Waals surface area contributed by atoms with E-state index in [1.54, 1.807) is 0 Å². The van der Waals surface area contributed by atoms with Crippen LogP contribution in [-0.4, -0.2) is 9.38 Å². The normalized spacial score (nSPS) is 10.9. The first-order valence-corrected chi connectivity index (χ1v) is 8.03. The number of aryl methyl sites for hydroxylation is 1. The molecule has 2 heterocycles. The molecule has 2 aromatic heterocycles. The molecule has 24 heavy (non-hydrogen) atoms. The number of nitrogens with zero attached hydrogens (tertiary/aromatic N) is 2. The highest BCUT2D eigenvalue weighted by Gasteiger charge is 2.17. The molecule has 2 heteroatoms. The van der Waals surface area contributed by atoms with E-state index in [1.807, 2.05) is 42.6 Å². The Labute approximate surface area is 141 Å². The zero-order chi connectivity index (χ0) is 16.5. The molecule has 0 bridgehead atoms. The van der Waals surface area contributed by atoms with Crippen LogP contribution in [0.2, 0.25) is 0 Å². The fourth-order valence-corrected chi connectivity index (χ4v) is 2.97. The molecular formula is C22H18N2. The van der Waals surface area contributed by atoms with Gasteiger partial charge in [-0.3, -0.25) is 4.40 Å². The Morgan fingerprint density at radius 2 is 1.58 bits per heavy atom. The van der Waals surface area contributed by atoms with Crippen molar-refractivity contribution >= 4 is 11.2 Å². The molecule has 0 amide bonds. The van der Waals surface area contributed by atoms with Crippen molar-refractivity contribution in [3.63, 3.8) is 0 Å². The zero-order valence-corrected chi connectivity index (χ0v) is 13.6. The van der Waals surface area contributed by atoms with E-state index in [1.165, 1.54) is 5.56 Å². The standard InChI is InChI=1S/C22H18N2/c1-16-11-13-19(14-12-16)21-22(17(2)18-8-4-3-5-9-18)24-15-7-6-10-20(24)23-21/h3-15H,2H2,1H3. The Morgan fingerprint density at radius 1 is 0.875 bits per heavy atom. The summed E-state index contributed by atoms with van der Waals surface area (Å²) < 4.78 is 2.12. The van der Waals surface area contributed by atoms with Gasteiger partial charge in [-0.2, -0.15) is 0 Å². The van der Waals surface area contributed by atoms with Crippen molar-refractivity contribution in [2.75, 3.05) is 0 Å². The van der Waals surface area contributed by atoms with E-state index in [9.17, 15) is 0 Å². The van der Waals surface area contributed by atoms with Gasteiger partial charge >= 0.3 is 0 Å². The second kappa shape index (κ2) is 5.82. The van der Waals surface area contributed by atoms with Crippen LogP contribution in [-0.2, 0) is 0 Å². The minimum Gasteiger partial charge on any atom is -0.299 e. The van der Waals surface area contributed by atoms with Gasteiger partial charge in [0, 0.05) is 17.3 Å². The first-order chi connectivity index (χ1) is 11.7. The minimum atomic E-state index is 0.931. The molecule has 4 rings (SSSR count). The number of aromatic nitrogens is 2. The second-order valence-electron chi connectivity index (χ2n) is 5.95. The highest BCUT2D eigenvalue weighted by Crippen LogP contribution is 2.32. The number of hydrogen-bond acceptors (Lipinski definition) is 1. The lowest BCUT2D eigenvalue weighted by Crippen LogP contribution is -1.95. The molecule has 4 aromatic rings. The van der Waals surface area contributed by atoms with Gasteiger partial charge in [0.15, 0.2) is 0 Å². The number of imidazole rings is 1. The lowest BCUT2D eigenvalue weighted by atomic mass is 9.99. The Kier molecular flexibility index (Phi) is 3.51. The van der Waals surface area contributed by atoms with Gasteiger partial charge in [-0.25, -0.2) is 4.98 Å². The molecule has 0 saturated carbocycles. The van der Waals surface area contributed by atoms with Crippen LogP contribution < -0.4 is 0 Å². The molecule has 2 nitrogen and oxygen atoms in total. The van der Waals surface area contributed by atoms with Crippen LogP contribution in [0.1, 0.15) is 16.8 Å². The van der Waals surface area contributed by atoms with E-state index >= 15 is 0 Å². The Balaban J connectivity index is 1.97. The first kappa shape index (κ1) is 14.5. The summed E-state index contributed by atoms with van der Waals surface area (Å²) in [6.45, 7) is 6.45. The van der Waals surface area contributed by atoms with Crippen LogP contribution in [0.3, 0.4) is 0 Å². The number of pyridine rings is 1. The van der Waals surface area contributed by atoms with Gasteiger partial charge in [0.25, 0.3) is 0 Å². The fraction of sp³-hybridized carbons (Fsp3) is 0.0455. The van der Waals surface area contributed by atoms with Crippen molar-refractivity contribution < 1.29 is 0 Å².